The lowest BCUT2D eigenvalue weighted by molar-refractivity contribution is -0.312. The molecule has 3 aliphatic heterocycles. The highest BCUT2D eigenvalue weighted by molar-refractivity contribution is 4.93. The van der Waals surface area contributed by atoms with Gasteiger partial charge in [-0.1, -0.05) is 0 Å². The summed E-state index contributed by atoms with van der Waals surface area (Å²) >= 11 is 0. The summed E-state index contributed by atoms with van der Waals surface area (Å²) in [5.41, 5.74) is 0. The first kappa shape index (κ1) is 8.25. The summed E-state index contributed by atoms with van der Waals surface area (Å²) in [6.45, 7) is -1.63. The maximum atomic E-state index is 12.8. The first-order chi connectivity index (χ1) is 5.42. The van der Waals surface area contributed by atoms with Gasteiger partial charge in [0.2, 0.25) is 0 Å². The molecule has 2 nitrogen and oxygen atoms in total. The summed E-state index contributed by atoms with van der Waals surface area (Å²) in [4.78, 5) is 1.10. The summed E-state index contributed by atoms with van der Waals surface area (Å²) < 4.78 is 51.2. The Morgan fingerprint density at radius 1 is 0.750 bits per heavy atom. The van der Waals surface area contributed by atoms with E-state index in [4.69, 9.17) is 0 Å². The fourth-order valence-corrected chi connectivity index (χ4v) is 1.62. The largest absolute Gasteiger partial charge is 0.317 e. The average Bonchev–Trinajstić information content (AvgIpc) is 1.90. The summed E-state index contributed by atoms with van der Waals surface area (Å²) in [6, 6.07) is -6.14. The lowest BCUT2D eigenvalue weighted by Gasteiger charge is -2.50. The number of fused-ring (bicyclic) bond motifs is 3. The molecule has 12 heavy (non-hydrogen) atoms. The van der Waals surface area contributed by atoms with Gasteiger partial charge >= 0.3 is 12.1 Å². The third-order valence-corrected chi connectivity index (χ3v) is 2.33. The van der Waals surface area contributed by atoms with Crippen LogP contribution in [0.3, 0.4) is 0 Å². The molecule has 0 radical (unpaired) electrons. The molecule has 3 aliphatic rings. The van der Waals surface area contributed by atoms with Gasteiger partial charge in [0.05, 0.1) is 13.1 Å². The van der Waals surface area contributed by atoms with Gasteiger partial charge in [0.25, 0.3) is 0 Å². The van der Waals surface area contributed by atoms with E-state index in [0.717, 1.165) is 0 Å². The summed E-state index contributed by atoms with van der Waals surface area (Å²) in [5, 5.41) is 0. The molecule has 3 rings (SSSR count). The molecule has 0 aromatic rings. The number of alkyl halides is 4. The van der Waals surface area contributed by atoms with Gasteiger partial charge in [-0.05, 0) is 0 Å². The maximum absolute atomic E-state index is 12.8. The van der Waals surface area contributed by atoms with E-state index in [1.807, 2.05) is 0 Å². The molecule has 3 heterocycles. The lowest BCUT2D eigenvalue weighted by Crippen LogP contribution is -2.71. The van der Waals surface area contributed by atoms with E-state index in [9.17, 15) is 17.6 Å². The van der Waals surface area contributed by atoms with Crippen LogP contribution in [0.5, 0.6) is 0 Å². The van der Waals surface area contributed by atoms with Crippen molar-refractivity contribution in [3.8, 4) is 0 Å². The van der Waals surface area contributed by atoms with Crippen LogP contribution in [0.1, 0.15) is 0 Å². The predicted octanol–water partition coefficient (Wildman–Crippen LogP) is 0.803. The van der Waals surface area contributed by atoms with Gasteiger partial charge in [0, 0.05) is 13.1 Å². The van der Waals surface area contributed by atoms with Gasteiger partial charge in [0.1, 0.15) is 0 Å². The SMILES string of the molecule is FC1(F)CN2CCN1CC2(F)F. The van der Waals surface area contributed by atoms with Gasteiger partial charge in [-0.3, -0.25) is 0 Å². The third-order valence-electron chi connectivity index (χ3n) is 2.33. The second kappa shape index (κ2) is 2.11. The zero-order valence-corrected chi connectivity index (χ0v) is 6.23. The Kier molecular flexibility index (Phi) is 1.45. The lowest BCUT2D eigenvalue weighted by atomic mass is 10.2. The molecule has 0 spiro atoms. The maximum Gasteiger partial charge on any atom is 0.317 e. The van der Waals surface area contributed by atoms with Crippen molar-refractivity contribution >= 4 is 0 Å². The zero-order valence-electron chi connectivity index (χ0n) is 6.23. The van der Waals surface area contributed by atoms with Crippen molar-refractivity contribution in [3.63, 3.8) is 0 Å². The van der Waals surface area contributed by atoms with E-state index in [1.165, 1.54) is 0 Å². The van der Waals surface area contributed by atoms with E-state index in [1.54, 1.807) is 0 Å². The monoisotopic (exact) mass is 184 g/mol. The van der Waals surface area contributed by atoms with Crippen molar-refractivity contribution in [2.75, 3.05) is 26.2 Å². The van der Waals surface area contributed by atoms with E-state index >= 15 is 0 Å². The van der Waals surface area contributed by atoms with Gasteiger partial charge in [-0.25, -0.2) is 9.80 Å². The standard InChI is InChI=1S/C6H8F4N2/c7-5(8)4-12-2-1-11(5)3-6(12,9)10/h1-4H2. The minimum Gasteiger partial charge on any atom is -0.235 e. The molecule has 0 amide bonds. The molecule has 0 aromatic heterocycles. The Labute approximate surface area is 66.7 Å². The van der Waals surface area contributed by atoms with Crippen LogP contribution in [0.15, 0.2) is 0 Å². The van der Waals surface area contributed by atoms with Gasteiger partial charge in [-0.2, -0.15) is 17.6 Å². The summed E-state index contributed by atoms with van der Waals surface area (Å²) in [5.74, 6) is 0. The molecule has 0 N–H and O–H groups in total. The van der Waals surface area contributed by atoms with Gasteiger partial charge in [0.15, 0.2) is 0 Å². The van der Waals surface area contributed by atoms with Crippen LogP contribution >= 0.6 is 0 Å². The van der Waals surface area contributed by atoms with Crippen LogP contribution in [0, 0.1) is 0 Å². The molecule has 3 saturated heterocycles. The molecule has 2 atom stereocenters. The van der Waals surface area contributed by atoms with Crippen molar-refractivity contribution in [3.05, 3.63) is 0 Å². The Balaban J connectivity index is 2.23. The van der Waals surface area contributed by atoms with Crippen molar-refractivity contribution in [1.29, 1.82) is 0 Å². The molecule has 6 heteroatoms. The van der Waals surface area contributed by atoms with Crippen LogP contribution < -0.4 is 0 Å². The Morgan fingerprint density at radius 2 is 1.08 bits per heavy atom. The van der Waals surface area contributed by atoms with E-state index in [-0.39, 0.29) is 13.1 Å². The van der Waals surface area contributed by atoms with Crippen molar-refractivity contribution in [2.24, 2.45) is 0 Å². The van der Waals surface area contributed by atoms with E-state index < -0.39 is 25.2 Å². The van der Waals surface area contributed by atoms with E-state index in [0.29, 0.717) is 9.80 Å². The third kappa shape index (κ3) is 1.01. The highest BCUT2D eigenvalue weighted by atomic mass is 19.3. The van der Waals surface area contributed by atoms with Gasteiger partial charge in [-0.15, -0.1) is 0 Å². The van der Waals surface area contributed by atoms with E-state index in [2.05, 4.69) is 0 Å². The van der Waals surface area contributed by atoms with Crippen LogP contribution in [-0.2, 0) is 0 Å². The first-order valence-corrected chi connectivity index (χ1v) is 3.68. The number of nitrogens with zero attached hydrogens (tertiary/aromatic N) is 2. The van der Waals surface area contributed by atoms with Crippen LogP contribution in [-0.4, -0.2) is 48.1 Å². The molecule has 70 valence electrons. The second-order valence-corrected chi connectivity index (χ2v) is 3.17. The first-order valence-electron chi connectivity index (χ1n) is 3.68. The van der Waals surface area contributed by atoms with Crippen molar-refractivity contribution in [2.45, 2.75) is 12.1 Å². The number of halogens is 4. The molecular formula is C6H8F4N2. The fourth-order valence-electron chi connectivity index (χ4n) is 1.62. The normalized spacial score (nSPS) is 43.0. The molecule has 0 aromatic carbocycles. The molecule has 2 unspecified atom stereocenters. The Bertz CT molecular complexity index is 184. The highest BCUT2D eigenvalue weighted by Gasteiger charge is 2.57. The van der Waals surface area contributed by atoms with Gasteiger partial charge < -0.3 is 0 Å². The van der Waals surface area contributed by atoms with Crippen LogP contribution in [0.4, 0.5) is 17.6 Å². The minimum absolute atomic E-state index is 0.0303. The van der Waals surface area contributed by atoms with Crippen LogP contribution in [0.25, 0.3) is 0 Å². The molecule has 2 bridgehead atoms. The smallest absolute Gasteiger partial charge is 0.235 e. The number of piperazine rings is 3. The summed E-state index contributed by atoms with van der Waals surface area (Å²) in [6.07, 6.45) is 0. The molecule has 0 saturated carbocycles. The van der Waals surface area contributed by atoms with Crippen molar-refractivity contribution in [1.82, 2.24) is 9.80 Å². The Morgan fingerprint density at radius 3 is 1.25 bits per heavy atom. The average molecular weight is 184 g/mol. The number of rotatable bonds is 0. The molecule has 3 fully saturated rings. The predicted molar refractivity (Wildman–Crippen MR) is 33.0 cm³/mol. The second-order valence-electron chi connectivity index (χ2n) is 3.17. The topological polar surface area (TPSA) is 6.48 Å². The van der Waals surface area contributed by atoms with Crippen molar-refractivity contribution < 1.29 is 17.6 Å². The molecule has 0 aliphatic carbocycles. The van der Waals surface area contributed by atoms with Crippen LogP contribution in [0.2, 0.25) is 0 Å². The zero-order chi connectivity index (χ0) is 8.98. The minimum atomic E-state index is -3.07. The quantitative estimate of drug-likeness (QED) is 0.406. The fraction of sp³-hybridized carbons (Fsp3) is 1.00. The number of hydrogen-bond acceptors (Lipinski definition) is 2. The number of hydrogen-bond donors (Lipinski definition) is 0. The molecular weight excluding hydrogens is 176 g/mol. The summed E-state index contributed by atoms with van der Waals surface area (Å²) in [7, 11) is 0. The Hall–Kier alpha value is -0.360. The highest BCUT2D eigenvalue weighted by Crippen LogP contribution is 2.38.